The quantitative estimate of drug-likeness (QED) is 0.605. The van der Waals surface area contributed by atoms with Gasteiger partial charge < -0.3 is 5.32 Å². The summed E-state index contributed by atoms with van der Waals surface area (Å²) in [6.07, 6.45) is 5.94. The second-order valence-corrected chi connectivity index (χ2v) is 9.53. The number of carbonyl (C=O) groups is 1. The molecule has 0 spiro atoms. The van der Waals surface area contributed by atoms with Gasteiger partial charge in [-0.25, -0.2) is 17.7 Å². The first-order chi connectivity index (χ1) is 15.0. The molecule has 0 bridgehead atoms. The van der Waals surface area contributed by atoms with Gasteiger partial charge in [-0.3, -0.25) is 4.79 Å². The average Bonchev–Trinajstić information content (AvgIpc) is 3.32. The molecule has 7 heteroatoms. The summed E-state index contributed by atoms with van der Waals surface area (Å²) in [5, 5.41) is 3.07. The van der Waals surface area contributed by atoms with Crippen molar-refractivity contribution in [3.63, 3.8) is 0 Å². The van der Waals surface area contributed by atoms with Gasteiger partial charge in [-0.05, 0) is 54.8 Å². The third-order valence-corrected chi connectivity index (χ3v) is 7.23. The zero-order chi connectivity index (χ0) is 21.7. The Labute approximate surface area is 183 Å². The summed E-state index contributed by atoms with van der Waals surface area (Å²) in [7, 11) is -3.80. The molecule has 31 heavy (non-hydrogen) atoms. The number of carbonyl (C=O) groups excluding carboxylic acids is 1. The van der Waals surface area contributed by atoms with Gasteiger partial charge >= 0.3 is 0 Å². The molecule has 1 aliphatic carbocycles. The summed E-state index contributed by atoms with van der Waals surface area (Å²) in [4.78, 5) is 16.9. The van der Waals surface area contributed by atoms with E-state index in [1.54, 1.807) is 79.0 Å². The van der Waals surface area contributed by atoms with Crippen molar-refractivity contribution >= 4 is 21.7 Å². The third kappa shape index (κ3) is 4.94. The largest absolute Gasteiger partial charge is 0.349 e. The second-order valence-electron chi connectivity index (χ2n) is 7.66. The van der Waals surface area contributed by atoms with Gasteiger partial charge in [0.05, 0.1) is 11.4 Å². The average molecular weight is 436 g/mol. The van der Waals surface area contributed by atoms with Crippen molar-refractivity contribution in [2.45, 2.75) is 43.2 Å². The van der Waals surface area contributed by atoms with Crippen molar-refractivity contribution in [3.05, 3.63) is 90.1 Å². The predicted molar refractivity (Wildman–Crippen MR) is 120 cm³/mol. The number of nitrogens with one attached hydrogen (secondary N) is 1. The molecule has 1 N–H and O–H groups in total. The number of rotatable bonds is 7. The standard InChI is InChI=1S/C24H25N3O3S/c28-24(26-21-8-4-5-9-21)20-15-13-19(14-16-20)18-27(23-12-6-7-17-25-23)31(29,30)22-10-2-1-3-11-22/h1-3,6-7,10-17,21H,4-5,8-9,18H2,(H,26,28). The van der Waals surface area contributed by atoms with Crippen LogP contribution in [0.5, 0.6) is 0 Å². The maximum Gasteiger partial charge on any atom is 0.265 e. The number of nitrogens with zero attached hydrogens (tertiary/aromatic N) is 2. The maximum absolute atomic E-state index is 13.3. The minimum absolute atomic E-state index is 0.0862. The van der Waals surface area contributed by atoms with E-state index in [1.807, 2.05) is 0 Å². The van der Waals surface area contributed by atoms with Crippen LogP contribution in [0, 0.1) is 0 Å². The first-order valence-electron chi connectivity index (χ1n) is 10.4. The summed E-state index contributed by atoms with van der Waals surface area (Å²) >= 11 is 0. The molecule has 0 unspecified atom stereocenters. The van der Waals surface area contributed by atoms with Crippen molar-refractivity contribution in [2.24, 2.45) is 0 Å². The van der Waals surface area contributed by atoms with Crippen LogP contribution >= 0.6 is 0 Å². The van der Waals surface area contributed by atoms with E-state index in [9.17, 15) is 13.2 Å². The van der Waals surface area contributed by atoms with E-state index in [4.69, 9.17) is 0 Å². The highest BCUT2D eigenvalue weighted by Gasteiger charge is 2.26. The van der Waals surface area contributed by atoms with Crippen LogP contribution in [0.3, 0.4) is 0 Å². The number of pyridine rings is 1. The lowest BCUT2D eigenvalue weighted by Crippen LogP contribution is -2.32. The number of anilines is 1. The molecule has 0 radical (unpaired) electrons. The summed E-state index contributed by atoms with van der Waals surface area (Å²) in [6.45, 7) is 0.110. The minimum Gasteiger partial charge on any atom is -0.349 e. The van der Waals surface area contributed by atoms with Gasteiger partial charge in [-0.15, -0.1) is 0 Å². The molecule has 1 fully saturated rings. The van der Waals surface area contributed by atoms with Crippen LogP contribution in [-0.2, 0) is 16.6 Å². The number of amides is 1. The highest BCUT2D eigenvalue weighted by atomic mass is 32.2. The molecule has 6 nitrogen and oxygen atoms in total. The van der Waals surface area contributed by atoms with Crippen molar-refractivity contribution in [2.75, 3.05) is 4.31 Å². The molecular formula is C24H25N3O3S. The fraction of sp³-hybridized carbons (Fsp3) is 0.250. The monoisotopic (exact) mass is 435 g/mol. The van der Waals surface area contributed by atoms with Gasteiger partial charge in [0.1, 0.15) is 5.82 Å². The summed E-state index contributed by atoms with van der Waals surface area (Å²) in [6, 6.07) is 20.8. The van der Waals surface area contributed by atoms with Crippen LogP contribution in [0.2, 0.25) is 0 Å². The Balaban J connectivity index is 1.57. The smallest absolute Gasteiger partial charge is 0.265 e. The summed E-state index contributed by atoms with van der Waals surface area (Å²) in [5.74, 6) is 0.256. The first-order valence-corrected chi connectivity index (χ1v) is 11.9. The number of hydrogen-bond donors (Lipinski definition) is 1. The molecule has 4 rings (SSSR count). The molecule has 1 amide bonds. The lowest BCUT2D eigenvalue weighted by atomic mass is 10.1. The molecular weight excluding hydrogens is 410 g/mol. The molecule has 1 saturated carbocycles. The van der Waals surface area contributed by atoms with Crippen molar-refractivity contribution in [3.8, 4) is 0 Å². The Morgan fingerprint density at radius 2 is 1.61 bits per heavy atom. The van der Waals surface area contributed by atoms with Crippen LogP contribution < -0.4 is 9.62 Å². The van der Waals surface area contributed by atoms with E-state index in [2.05, 4.69) is 10.3 Å². The third-order valence-electron chi connectivity index (χ3n) is 5.47. The van der Waals surface area contributed by atoms with Gasteiger partial charge in [0.15, 0.2) is 0 Å². The zero-order valence-electron chi connectivity index (χ0n) is 17.1. The van der Waals surface area contributed by atoms with E-state index in [1.165, 1.54) is 4.31 Å². The highest BCUT2D eigenvalue weighted by Crippen LogP contribution is 2.24. The van der Waals surface area contributed by atoms with Crippen LogP contribution in [0.1, 0.15) is 41.6 Å². The summed E-state index contributed by atoms with van der Waals surface area (Å²) < 4.78 is 27.9. The number of sulfonamides is 1. The maximum atomic E-state index is 13.3. The van der Waals surface area contributed by atoms with E-state index in [0.29, 0.717) is 11.4 Å². The number of aromatic nitrogens is 1. The Hall–Kier alpha value is -3.19. The lowest BCUT2D eigenvalue weighted by molar-refractivity contribution is 0.0938. The van der Waals surface area contributed by atoms with Gasteiger partial charge in [-0.2, -0.15) is 0 Å². The molecule has 1 aliphatic rings. The predicted octanol–water partition coefficient (Wildman–Crippen LogP) is 4.15. The van der Waals surface area contributed by atoms with Gasteiger partial charge in [0, 0.05) is 17.8 Å². The van der Waals surface area contributed by atoms with Crippen LogP contribution in [0.15, 0.2) is 83.9 Å². The number of benzene rings is 2. The van der Waals surface area contributed by atoms with E-state index >= 15 is 0 Å². The topological polar surface area (TPSA) is 79.4 Å². The van der Waals surface area contributed by atoms with Crippen LogP contribution in [-0.4, -0.2) is 25.4 Å². The SMILES string of the molecule is O=C(NC1CCCC1)c1ccc(CN(c2ccccn2)S(=O)(=O)c2ccccc2)cc1. The molecule has 3 aromatic rings. The van der Waals surface area contributed by atoms with Crippen molar-refractivity contribution in [1.82, 2.24) is 10.3 Å². The van der Waals surface area contributed by atoms with Crippen LogP contribution in [0.25, 0.3) is 0 Å². The molecule has 1 heterocycles. The molecule has 1 aromatic heterocycles. The molecule has 0 atom stereocenters. The van der Waals surface area contributed by atoms with Gasteiger partial charge in [-0.1, -0.05) is 49.2 Å². The lowest BCUT2D eigenvalue weighted by Gasteiger charge is -2.23. The van der Waals surface area contributed by atoms with Crippen molar-refractivity contribution in [1.29, 1.82) is 0 Å². The molecule has 2 aromatic carbocycles. The Kier molecular flexibility index (Phi) is 6.32. The van der Waals surface area contributed by atoms with Crippen molar-refractivity contribution < 1.29 is 13.2 Å². The van der Waals surface area contributed by atoms with Crippen LogP contribution in [0.4, 0.5) is 5.82 Å². The minimum atomic E-state index is -3.80. The Morgan fingerprint density at radius 3 is 2.26 bits per heavy atom. The molecule has 160 valence electrons. The summed E-state index contributed by atoms with van der Waals surface area (Å²) in [5.41, 5.74) is 1.34. The normalized spacial score (nSPS) is 14.3. The Bertz CT molecular complexity index is 1110. The fourth-order valence-corrected chi connectivity index (χ4v) is 5.21. The zero-order valence-corrected chi connectivity index (χ0v) is 18.0. The van der Waals surface area contributed by atoms with Gasteiger partial charge in [0.25, 0.3) is 15.9 Å². The molecule has 0 aliphatic heterocycles. The van der Waals surface area contributed by atoms with E-state index in [-0.39, 0.29) is 23.4 Å². The number of hydrogen-bond acceptors (Lipinski definition) is 4. The first kappa shape index (κ1) is 21.1. The fourth-order valence-electron chi connectivity index (χ4n) is 3.78. The Morgan fingerprint density at radius 1 is 0.935 bits per heavy atom. The van der Waals surface area contributed by atoms with Gasteiger partial charge in [0.2, 0.25) is 0 Å². The highest BCUT2D eigenvalue weighted by molar-refractivity contribution is 7.92. The molecule has 0 saturated heterocycles. The van der Waals surface area contributed by atoms with E-state index in [0.717, 1.165) is 31.2 Å². The van der Waals surface area contributed by atoms with E-state index < -0.39 is 10.0 Å². The second kappa shape index (κ2) is 9.31.